The molecular formula is C26H31N5O3. The molecule has 3 aliphatic rings. The van der Waals surface area contributed by atoms with Gasteiger partial charge < -0.3 is 15.5 Å². The zero-order chi connectivity index (χ0) is 24.0. The van der Waals surface area contributed by atoms with E-state index in [0.717, 1.165) is 48.4 Å². The van der Waals surface area contributed by atoms with Gasteiger partial charge in [0.1, 0.15) is 6.04 Å². The Balaban J connectivity index is 1.27. The van der Waals surface area contributed by atoms with Gasteiger partial charge in [-0.15, -0.1) is 0 Å². The Morgan fingerprint density at radius 3 is 2.74 bits per heavy atom. The Morgan fingerprint density at radius 1 is 1.15 bits per heavy atom. The smallest absolute Gasteiger partial charge is 0.255 e. The number of carbonyl (C=O) groups excluding carboxylic acids is 3. The van der Waals surface area contributed by atoms with E-state index in [4.69, 9.17) is 5.73 Å². The highest BCUT2D eigenvalue weighted by Gasteiger charge is 2.40. The molecule has 5 rings (SSSR count). The van der Waals surface area contributed by atoms with Crippen LogP contribution < -0.4 is 16.0 Å². The summed E-state index contributed by atoms with van der Waals surface area (Å²) in [6.07, 6.45) is 1.52. The van der Waals surface area contributed by atoms with Crippen LogP contribution in [-0.2, 0) is 28.2 Å². The van der Waals surface area contributed by atoms with Crippen LogP contribution in [0.3, 0.4) is 0 Å². The first kappa shape index (κ1) is 22.6. The summed E-state index contributed by atoms with van der Waals surface area (Å²) in [6.45, 7) is 2.82. The molecule has 3 amide bonds. The average molecular weight is 462 g/mol. The molecule has 3 N–H and O–H groups in total. The summed E-state index contributed by atoms with van der Waals surface area (Å²) in [6, 6.07) is 13.8. The summed E-state index contributed by atoms with van der Waals surface area (Å²) in [5.74, 6) is -0.797. The van der Waals surface area contributed by atoms with Gasteiger partial charge in [0.2, 0.25) is 11.8 Å². The highest BCUT2D eigenvalue weighted by atomic mass is 16.2. The standard InChI is InChI=1S/C26H31N5O3/c1-29(2)20-5-3-4-19(13-20)26(27)10-11-30(16-26)14-17-6-7-21-18(12-17)15-31(25(21)34)22-8-9-23(32)28-24(22)33/h3-7,12-13,22H,8-11,14-16,27H2,1-2H3,(H,28,32,33). The van der Waals surface area contributed by atoms with E-state index in [2.05, 4.69) is 45.4 Å². The minimum Gasteiger partial charge on any atom is -0.378 e. The summed E-state index contributed by atoms with van der Waals surface area (Å²) >= 11 is 0. The van der Waals surface area contributed by atoms with Crippen molar-refractivity contribution in [1.82, 2.24) is 15.1 Å². The molecule has 2 saturated heterocycles. The minimum absolute atomic E-state index is 0.140. The van der Waals surface area contributed by atoms with Crippen molar-refractivity contribution in [2.45, 2.75) is 43.9 Å². The van der Waals surface area contributed by atoms with E-state index in [1.807, 2.05) is 26.2 Å². The Hall–Kier alpha value is -3.23. The quantitative estimate of drug-likeness (QED) is 0.656. The van der Waals surface area contributed by atoms with Gasteiger partial charge in [-0.25, -0.2) is 0 Å². The van der Waals surface area contributed by atoms with Gasteiger partial charge in [0.05, 0.1) is 5.54 Å². The lowest BCUT2D eigenvalue weighted by Crippen LogP contribution is -2.52. The molecule has 2 unspecified atom stereocenters. The molecule has 2 atom stereocenters. The van der Waals surface area contributed by atoms with Crippen molar-refractivity contribution in [3.63, 3.8) is 0 Å². The number of anilines is 1. The zero-order valence-electron chi connectivity index (χ0n) is 19.7. The predicted octanol–water partition coefficient (Wildman–Crippen LogP) is 1.57. The van der Waals surface area contributed by atoms with Gasteiger partial charge in [0, 0.05) is 57.9 Å². The van der Waals surface area contributed by atoms with Gasteiger partial charge in [-0.3, -0.25) is 24.6 Å². The highest BCUT2D eigenvalue weighted by Crippen LogP contribution is 2.33. The summed E-state index contributed by atoms with van der Waals surface area (Å²) < 4.78 is 0. The molecule has 0 bridgehead atoms. The Bertz CT molecular complexity index is 1160. The van der Waals surface area contributed by atoms with Crippen LogP contribution >= 0.6 is 0 Å². The first-order valence-corrected chi connectivity index (χ1v) is 11.8. The monoisotopic (exact) mass is 461 g/mol. The molecule has 8 heteroatoms. The fourth-order valence-electron chi connectivity index (χ4n) is 5.36. The van der Waals surface area contributed by atoms with Gasteiger partial charge in [-0.1, -0.05) is 24.3 Å². The Labute approximate surface area is 199 Å². The van der Waals surface area contributed by atoms with Crippen molar-refractivity contribution in [3.8, 4) is 0 Å². The first-order chi connectivity index (χ1) is 16.2. The highest BCUT2D eigenvalue weighted by molar-refractivity contribution is 6.05. The Kier molecular flexibility index (Phi) is 5.65. The number of carbonyl (C=O) groups is 3. The normalized spacial score (nSPS) is 25.0. The lowest BCUT2D eigenvalue weighted by atomic mass is 9.90. The molecule has 8 nitrogen and oxygen atoms in total. The van der Waals surface area contributed by atoms with Gasteiger partial charge in [-0.2, -0.15) is 0 Å². The minimum atomic E-state index is -0.588. The third kappa shape index (κ3) is 4.08. The SMILES string of the molecule is CN(C)c1cccc(C2(N)CCN(Cc3ccc4c(c3)CN(C3CCC(=O)NC3=O)C4=O)C2)c1. The third-order valence-corrected chi connectivity index (χ3v) is 7.31. The maximum atomic E-state index is 12.9. The molecule has 3 aliphatic heterocycles. The molecule has 0 radical (unpaired) electrons. The van der Waals surface area contributed by atoms with Gasteiger partial charge in [0.25, 0.3) is 5.91 Å². The third-order valence-electron chi connectivity index (χ3n) is 7.31. The topological polar surface area (TPSA) is 99.0 Å². The van der Waals surface area contributed by atoms with Crippen LogP contribution in [0.2, 0.25) is 0 Å². The summed E-state index contributed by atoms with van der Waals surface area (Å²) in [5.41, 5.74) is 11.5. The van der Waals surface area contributed by atoms with Crippen LogP contribution in [0.5, 0.6) is 0 Å². The number of rotatable bonds is 5. The van der Waals surface area contributed by atoms with Crippen LogP contribution in [0.15, 0.2) is 42.5 Å². The second kappa shape index (κ2) is 8.52. The van der Waals surface area contributed by atoms with Crippen LogP contribution in [0.1, 0.15) is 46.3 Å². The van der Waals surface area contributed by atoms with Crippen LogP contribution in [0, 0.1) is 0 Å². The second-order valence-electron chi connectivity index (χ2n) is 9.95. The number of hydrogen-bond donors (Lipinski definition) is 2. The fraction of sp³-hybridized carbons (Fsp3) is 0.423. The largest absolute Gasteiger partial charge is 0.378 e. The van der Waals surface area contributed by atoms with Crippen LogP contribution in [-0.4, -0.2) is 60.7 Å². The fourth-order valence-corrected chi connectivity index (χ4v) is 5.36. The van der Waals surface area contributed by atoms with Crippen LogP contribution in [0.4, 0.5) is 5.69 Å². The number of benzene rings is 2. The number of hydrogen-bond acceptors (Lipinski definition) is 6. The molecule has 2 aromatic carbocycles. The number of likely N-dealkylation sites (tertiary alicyclic amines) is 1. The average Bonchev–Trinajstić information content (AvgIpc) is 3.34. The maximum Gasteiger partial charge on any atom is 0.255 e. The van der Waals surface area contributed by atoms with Crippen molar-refractivity contribution in [2.24, 2.45) is 5.73 Å². The van der Waals surface area contributed by atoms with Crippen molar-refractivity contribution < 1.29 is 14.4 Å². The first-order valence-electron chi connectivity index (χ1n) is 11.8. The molecule has 2 aromatic rings. The molecule has 0 saturated carbocycles. The zero-order valence-corrected chi connectivity index (χ0v) is 19.7. The molecule has 178 valence electrons. The second-order valence-corrected chi connectivity index (χ2v) is 9.95. The van der Waals surface area contributed by atoms with E-state index in [9.17, 15) is 14.4 Å². The van der Waals surface area contributed by atoms with Crippen molar-refractivity contribution >= 4 is 23.4 Å². The number of imide groups is 1. The molecule has 2 fully saturated rings. The number of fused-ring (bicyclic) bond motifs is 1. The van der Waals surface area contributed by atoms with Gasteiger partial charge >= 0.3 is 0 Å². The summed E-state index contributed by atoms with van der Waals surface area (Å²) in [5, 5.41) is 2.35. The number of piperidine rings is 1. The summed E-state index contributed by atoms with van der Waals surface area (Å²) in [4.78, 5) is 42.7. The van der Waals surface area contributed by atoms with Gasteiger partial charge in [-0.05, 0) is 47.7 Å². The predicted molar refractivity (Wildman–Crippen MR) is 129 cm³/mol. The van der Waals surface area contributed by atoms with Gasteiger partial charge in [0.15, 0.2) is 0 Å². The van der Waals surface area contributed by atoms with Crippen molar-refractivity contribution in [2.75, 3.05) is 32.1 Å². The van der Waals surface area contributed by atoms with E-state index in [-0.39, 0.29) is 29.7 Å². The maximum absolute atomic E-state index is 12.9. The van der Waals surface area contributed by atoms with E-state index in [1.54, 1.807) is 4.90 Å². The summed E-state index contributed by atoms with van der Waals surface area (Å²) in [7, 11) is 4.06. The molecule has 0 aliphatic carbocycles. The van der Waals surface area contributed by atoms with E-state index in [0.29, 0.717) is 18.5 Å². The molecule has 0 aromatic heterocycles. The van der Waals surface area contributed by atoms with E-state index >= 15 is 0 Å². The molecular weight excluding hydrogens is 430 g/mol. The molecule has 34 heavy (non-hydrogen) atoms. The van der Waals surface area contributed by atoms with E-state index in [1.165, 1.54) is 0 Å². The molecule has 3 heterocycles. The number of nitrogens with zero attached hydrogens (tertiary/aromatic N) is 3. The van der Waals surface area contributed by atoms with Crippen LogP contribution in [0.25, 0.3) is 0 Å². The lowest BCUT2D eigenvalue weighted by Gasteiger charge is -2.29. The number of nitrogens with two attached hydrogens (primary N) is 1. The Morgan fingerprint density at radius 2 is 1.97 bits per heavy atom. The van der Waals surface area contributed by atoms with Crippen molar-refractivity contribution in [1.29, 1.82) is 0 Å². The number of amides is 3. The number of nitrogens with one attached hydrogen (secondary N) is 1. The lowest BCUT2D eigenvalue weighted by molar-refractivity contribution is -0.136. The molecule has 0 spiro atoms. The van der Waals surface area contributed by atoms with E-state index < -0.39 is 6.04 Å². The van der Waals surface area contributed by atoms with Crippen molar-refractivity contribution in [3.05, 3.63) is 64.7 Å².